The Hall–Kier alpha value is -3.21. The summed E-state index contributed by atoms with van der Waals surface area (Å²) in [6.45, 7) is 6.29. The molecule has 0 bridgehead atoms. The van der Waals surface area contributed by atoms with Crippen LogP contribution in [0.25, 0.3) is 28.0 Å². The number of anilines is 1. The fraction of sp³-hybridized carbons (Fsp3) is 0.261. The Morgan fingerprint density at radius 1 is 0.821 bits per heavy atom. The van der Waals surface area contributed by atoms with Gasteiger partial charge in [0.1, 0.15) is 17.5 Å². The summed E-state index contributed by atoms with van der Waals surface area (Å²) < 4.78 is 2.04. The molecule has 0 saturated carbocycles. The Labute approximate surface area is 164 Å². The van der Waals surface area contributed by atoms with Crippen LogP contribution < -0.4 is 4.90 Å². The lowest BCUT2D eigenvalue weighted by molar-refractivity contribution is 0.885. The highest BCUT2D eigenvalue weighted by molar-refractivity contribution is 5.96. The molecule has 0 unspecified atom stereocenters. The van der Waals surface area contributed by atoms with Gasteiger partial charge in [-0.3, -0.25) is 0 Å². The van der Waals surface area contributed by atoms with Crippen LogP contribution in [-0.4, -0.2) is 32.8 Å². The first-order valence-electron chi connectivity index (χ1n) is 9.84. The minimum atomic E-state index is 0.878. The minimum absolute atomic E-state index is 0.878. The van der Waals surface area contributed by atoms with Gasteiger partial charge >= 0.3 is 0 Å². The van der Waals surface area contributed by atoms with Crippen LogP contribution in [-0.2, 0) is 0 Å². The van der Waals surface area contributed by atoms with E-state index in [2.05, 4.69) is 77.2 Å². The summed E-state index contributed by atoms with van der Waals surface area (Å²) in [6, 6.07) is 16.9. The number of hydrogen-bond donors (Lipinski definition) is 0. The van der Waals surface area contributed by atoms with Crippen LogP contribution in [0.5, 0.6) is 0 Å². The predicted octanol–water partition coefficient (Wildman–Crippen LogP) is 4.70. The smallest absolute Gasteiger partial charge is 0.160 e. The maximum atomic E-state index is 5.04. The van der Waals surface area contributed by atoms with E-state index in [4.69, 9.17) is 5.10 Å². The average molecular weight is 369 g/mol. The van der Waals surface area contributed by atoms with E-state index >= 15 is 0 Å². The van der Waals surface area contributed by atoms with E-state index in [-0.39, 0.29) is 0 Å². The molecule has 0 N–H and O–H groups in total. The third-order valence-electron chi connectivity index (χ3n) is 5.51. The van der Waals surface area contributed by atoms with Gasteiger partial charge in [-0.1, -0.05) is 48.0 Å². The molecule has 0 spiro atoms. The van der Waals surface area contributed by atoms with Crippen LogP contribution >= 0.6 is 0 Å². The fourth-order valence-electron chi connectivity index (χ4n) is 3.99. The van der Waals surface area contributed by atoms with Gasteiger partial charge in [0.25, 0.3) is 0 Å². The summed E-state index contributed by atoms with van der Waals surface area (Å²) in [5, 5.41) is 5.04. The van der Waals surface area contributed by atoms with Gasteiger partial charge in [-0.2, -0.15) is 5.10 Å². The molecule has 0 atom stereocenters. The first kappa shape index (κ1) is 16.9. The van der Waals surface area contributed by atoms with Gasteiger partial charge in [-0.25, -0.2) is 14.6 Å². The van der Waals surface area contributed by atoms with Crippen LogP contribution in [0, 0.1) is 13.8 Å². The molecule has 1 saturated heterocycles. The predicted molar refractivity (Wildman–Crippen MR) is 113 cm³/mol. The molecule has 2 aromatic carbocycles. The Balaban J connectivity index is 1.82. The zero-order chi connectivity index (χ0) is 19.1. The third-order valence-corrected chi connectivity index (χ3v) is 5.51. The second-order valence-electron chi connectivity index (χ2n) is 7.50. The van der Waals surface area contributed by atoms with Gasteiger partial charge in [0.05, 0.1) is 5.69 Å². The molecule has 5 heteroatoms. The van der Waals surface area contributed by atoms with Crippen LogP contribution in [0.1, 0.15) is 24.0 Å². The Bertz CT molecular complexity index is 1140. The van der Waals surface area contributed by atoms with Crippen molar-refractivity contribution < 1.29 is 0 Å². The van der Waals surface area contributed by atoms with Crippen molar-refractivity contribution in [3.63, 3.8) is 0 Å². The lowest BCUT2D eigenvalue weighted by atomic mass is 10.1. The van der Waals surface area contributed by atoms with Crippen LogP contribution in [0.4, 0.5) is 5.82 Å². The van der Waals surface area contributed by atoms with E-state index < -0.39 is 0 Å². The largest absolute Gasteiger partial charge is 0.355 e. The van der Waals surface area contributed by atoms with E-state index in [0.29, 0.717) is 0 Å². The highest BCUT2D eigenvalue weighted by atomic mass is 15.3. The molecule has 0 amide bonds. The molecule has 1 aliphatic rings. The van der Waals surface area contributed by atoms with Crippen molar-refractivity contribution in [1.82, 2.24) is 19.7 Å². The van der Waals surface area contributed by atoms with Crippen LogP contribution in [0.15, 0.2) is 54.9 Å². The van der Waals surface area contributed by atoms with Gasteiger partial charge in [-0.05, 0) is 38.3 Å². The highest BCUT2D eigenvalue weighted by Crippen LogP contribution is 2.34. The van der Waals surface area contributed by atoms with Crippen molar-refractivity contribution in [1.29, 1.82) is 0 Å². The third kappa shape index (κ3) is 2.74. The molecule has 5 rings (SSSR count). The van der Waals surface area contributed by atoms with E-state index in [1.54, 1.807) is 6.33 Å². The monoisotopic (exact) mass is 369 g/mol. The molecule has 1 fully saturated rings. The summed E-state index contributed by atoms with van der Waals surface area (Å²) in [6.07, 6.45) is 4.08. The molecular formula is C23H23N5. The van der Waals surface area contributed by atoms with Crippen LogP contribution in [0.3, 0.4) is 0 Å². The molecule has 1 aliphatic heterocycles. The highest BCUT2D eigenvalue weighted by Gasteiger charge is 2.23. The zero-order valence-corrected chi connectivity index (χ0v) is 16.3. The van der Waals surface area contributed by atoms with Gasteiger partial charge in [-0.15, -0.1) is 0 Å². The minimum Gasteiger partial charge on any atom is -0.355 e. The summed E-state index contributed by atoms with van der Waals surface area (Å²) in [7, 11) is 0. The summed E-state index contributed by atoms with van der Waals surface area (Å²) in [5.74, 6) is 0.947. The number of aryl methyl sites for hydroxylation is 2. The number of benzene rings is 2. The van der Waals surface area contributed by atoms with E-state index in [1.807, 2.05) is 4.68 Å². The standard InChI is InChI=1S/C23H23N5/c1-16-9-11-18(12-10-16)22-20-21(23(25-15-24-20)27-13-5-6-14-27)26-28(22)19-8-4-3-7-17(19)2/h3-4,7-12,15H,5-6,13-14H2,1-2H3. The van der Waals surface area contributed by atoms with Crippen molar-refractivity contribution in [3.05, 3.63) is 66.0 Å². The molecule has 3 heterocycles. The van der Waals surface area contributed by atoms with Crippen molar-refractivity contribution in [3.8, 4) is 16.9 Å². The fourth-order valence-corrected chi connectivity index (χ4v) is 3.99. The quantitative estimate of drug-likeness (QED) is 0.525. The lowest BCUT2D eigenvalue weighted by Crippen LogP contribution is -2.19. The lowest BCUT2D eigenvalue weighted by Gasteiger charge is -2.15. The van der Waals surface area contributed by atoms with E-state index in [0.717, 1.165) is 46.9 Å². The molecular weight excluding hydrogens is 346 g/mol. The second-order valence-corrected chi connectivity index (χ2v) is 7.50. The number of para-hydroxylation sites is 1. The SMILES string of the molecule is Cc1ccc(-c2c3ncnc(N4CCCC4)c3nn2-c2ccccc2C)cc1. The van der Waals surface area contributed by atoms with Crippen molar-refractivity contribution in [2.75, 3.05) is 18.0 Å². The molecule has 140 valence electrons. The molecule has 5 nitrogen and oxygen atoms in total. The topological polar surface area (TPSA) is 46.8 Å². The first-order chi connectivity index (χ1) is 13.7. The molecule has 2 aromatic heterocycles. The maximum Gasteiger partial charge on any atom is 0.160 e. The second kappa shape index (κ2) is 6.75. The molecule has 0 aliphatic carbocycles. The van der Waals surface area contributed by atoms with Gasteiger partial charge < -0.3 is 4.90 Å². The molecule has 4 aromatic rings. The number of hydrogen-bond acceptors (Lipinski definition) is 4. The number of nitrogens with zero attached hydrogens (tertiary/aromatic N) is 5. The molecule has 0 radical (unpaired) electrons. The van der Waals surface area contributed by atoms with Crippen molar-refractivity contribution in [2.24, 2.45) is 0 Å². The normalized spacial score (nSPS) is 14.1. The van der Waals surface area contributed by atoms with Gasteiger partial charge in [0.2, 0.25) is 0 Å². The first-order valence-corrected chi connectivity index (χ1v) is 9.84. The van der Waals surface area contributed by atoms with Crippen molar-refractivity contribution in [2.45, 2.75) is 26.7 Å². The van der Waals surface area contributed by atoms with E-state index in [1.165, 1.54) is 24.0 Å². The number of rotatable bonds is 3. The van der Waals surface area contributed by atoms with Crippen molar-refractivity contribution >= 4 is 16.9 Å². The maximum absolute atomic E-state index is 5.04. The summed E-state index contributed by atoms with van der Waals surface area (Å²) >= 11 is 0. The Morgan fingerprint density at radius 3 is 2.32 bits per heavy atom. The summed E-state index contributed by atoms with van der Waals surface area (Å²) in [4.78, 5) is 11.6. The number of fused-ring (bicyclic) bond motifs is 1. The number of aromatic nitrogens is 4. The Kier molecular flexibility index (Phi) is 4.08. The zero-order valence-electron chi connectivity index (χ0n) is 16.3. The Morgan fingerprint density at radius 2 is 1.57 bits per heavy atom. The van der Waals surface area contributed by atoms with Crippen LogP contribution in [0.2, 0.25) is 0 Å². The average Bonchev–Trinajstić information content (AvgIpc) is 3.37. The summed E-state index contributed by atoms with van der Waals surface area (Å²) in [5.41, 5.74) is 7.41. The van der Waals surface area contributed by atoms with Gasteiger partial charge in [0.15, 0.2) is 11.3 Å². The molecule has 28 heavy (non-hydrogen) atoms. The van der Waals surface area contributed by atoms with E-state index in [9.17, 15) is 0 Å². The van der Waals surface area contributed by atoms with Gasteiger partial charge in [0, 0.05) is 18.7 Å².